The molecule has 6 nitrogen and oxygen atoms in total. The van der Waals surface area contributed by atoms with E-state index in [1.807, 2.05) is 0 Å². The van der Waals surface area contributed by atoms with Crippen LogP contribution in [0.2, 0.25) is 5.02 Å². The Balaban J connectivity index is 1.28. The van der Waals surface area contributed by atoms with E-state index in [0.717, 1.165) is 32.1 Å². The minimum absolute atomic E-state index is 0.00690. The summed E-state index contributed by atoms with van der Waals surface area (Å²) in [6, 6.07) is 1.40. The number of ether oxygens (including phenoxy) is 1. The molecule has 0 aromatic carbocycles. The lowest BCUT2D eigenvalue weighted by Crippen LogP contribution is -2.62. The molecule has 4 aliphatic carbocycles. The Hall–Kier alpha value is -1.37. The second-order valence-electron chi connectivity index (χ2n) is 13.5. The van der Waals surface area contributed by atoms with Crippen molar-refractivity contribution >= 4 is 17.6 Å². The number of aliphatic hydroxyl groups excluding tert-OH is 2. The molecule has 4 fully saturated rings. The second kappa shape index (κ2) is 10.6. The van der Waals surface area contributed by atoms with Gasteiger partial charge in [0.1, 0.15) is 0 Å². The molecule has 1 aromatic rings. The van der Waals surface area contributed by atoms with E-state index in [1.165, 1.54) is 37.9 Å². The van der Waals surface area contributed by atoms with Crippen LogP contribution in [0.3, 0.4) is 0 Å². The predicted molar refractivity (Wildman–Crippen MR) is 147 cm³/mol. The molecule has 1 aromatic heterocycles. The molecule has 7 heteroatoms. The summed E-state index contributed by atoms with van der Waals surface area (Å²) in [5.74, 6) is 2.41. The Morgan fingerprint density at radius 1 is 1.13 bits per heavy atom. The Labute approximate surface area is 232 Å². The van der Waals surface area contributed by atoms with Gasteiger partial charge in [-0.1, -0.05) is 45.7 Å². The number of carboxylic acid groups (broad SMARTS) is 1. The van der Waals surface area contributed by atoms with Crippen LogP contribution in [0, 0.1) is 52.3 Å². The summed E-state index contributed by atoms with van der Waals surface area (Å²) in [5, 5.41) is 31.8. The number of halogens is 1. The summed E-state index contributed by atoms with van der Waals surface area (Å²) in [7, 11) is 0. The van der Waals surface area contributed by atoms with Gasteiger partial charge in [-0.25, -0.2) is 9.78 Å². The third-order valence-corrected chi connectivity index (χ3v) is 12.3. The van der Waals surface area contributed by atoms with E-state index in [0.29, 0.717) is 48.0 Å². The van der Waals surface area contributed by atoms with E-state index in [4.69, 9.17) is 16.3 Å². The number of fused-ring (bicyclic) bond motifs is 5. The molecular weight excluding hydrogens is 502 g/mol. The van der Waals surface area contributed by atoms with E-state index in [-0.39, 0.29) is 39.5 Å². The van der Waals surface area contributed by atoms with Gasteiger partial charge in [-0.2, -0.15) is 0 Å². The first-order chi connectivity index (χ1) is 18.0. The zero-order chi connectivity index (χ0) is 27.4. The highest BCUT2D eigenvalue weighted by Crippen LogP contribution is 2.69. The molecule has 0 amide bonds. The fraction of sp³-hybridized carbons (Fsp3) is 0.806. The number of carboxylic acids is 1. The molecule has 0 aliphatic heterocycles. The van der Waals surface area contributed by atoms with Gasteiger partial charge in [-0.3, -0.25) is 0 Å². The van der Waals surface area contributed by atoms with Gasteiger partial charge in [0.2, 0.25) is 5.88 Å². The first-order valence-corrected chi connectivity index (χ1v) is 15.3. The van der Waals surface area contributed by atoms with E-state index in [2.05, 4.69) is 32.7 Å². The standard InChI is InChI=1S/C31H46ClNO5/c1-5-19-24-14-18(34)8-11-31(24,4)23-9-12-30(3)21(6-7-22(30)27(23)28(19)35)17(2)10-13-38-26-15-20(29(36)37)25(32)16-33-26/h15-19,21-24,27-28,34-35H,5-14H2,1-4H3,(H,36,37)/t17-,18-,19-,21-,22+,23+,24+,27+,28-,30-,31-/m1/s1. The van der Waals surface area contributed by atoms with E-state index in [9.17, 15) is 20.1 Å². The van der Waals surface area contributed by atoms with E-state index < -0.39 is 5.97 Å². The summed E-state index contributed by atoms with van der Waals surface area (Å²) in [4.78, 5) is 15.5. The molecule has 4 saturated carbocycles. The van der Waals surface area contributed by atoms with Gasteiger partial charge in [-0.15, -0.1) is 0 Å². The number of aromatic carboxylic acids is 1. The van der Waals surface area contributed by atoms with Gasteiger partial charge in [0.25, 0.3) is 0 Å². The third-order valence-electron chi connectivity index (χ3n) is 12.0. The van der Waals surface area contributed by atoms with Gasteiger partial charge in [0.05, 0.1) is 35.6 Å². The Morgan fingerprint density at radius 3 is 2.55 bits per heavy atom. The quantitative estimate of drug-likeness (QED) is 0.362. The Bertz CT molecular complexity index is 1040. The van der Waals surface area contributed by atoms with Crippen LogP contribution in [0.25, 0.3) is 0 Å². The molecule has 212 valence electrons. The normalized spacial score (nSPS) is 43.0. The van der Waals surface area contributed by atoms with Crippen LogP contribution >= 0.6 is 11.6 Å². The van der Waals surface area contributed by atoms with Crippen molar-refractivity contribution < 1.29 is 24.9 Å². The van der Waals surface area contributed by atoms with Crippen LogP contribution in [-0.4, -0.2) is 45.1 Å². The maximum absolute atomic E-state index is 11.9. The van der Waals surface area contributed by atoms with Gasteiger partial charge < -0.3 is 20.1 Å². The number of nitrogens with zero attached hydrogens (tertiary/aromatic N) is 1. The average molecular weight is 548 g/mol. The van der Waals surface area contributed by atoms with Gasteiger partial charge in [-0.05, 0) is 104 Å². The molecule has 0 bridgehead atoms. The molecule has 1 heterocycles. The van der Waals surface area contributed by atoms with Crippen LogP contribution in [-0.2, 0) is 0 Å². The monoisotopic (exact) mass is 547 g/mol. The van der Waals surface area contributed by atoms with Crippen LogP contribution in [0.1, 0.15) is 95.8 Å². The first-order valence-electron chi connectivity index (χ1n) is 14.9. The maximum Gasteiger partial charge on any atom is 0.337 e. The largest absolute Gasteiger partial charge is 0.478 e. The SMILES string of the molecule is CC[C@H]1[C@@H](O)[C@@H]2[C@H](CC[C@]3(C)[C@@H]([C@H](C)CCOc4cc(C(=O)O)c(Cl)cn4)CC[C@@H]23)[C@@]2(C)CC[C@@H](O)C[C@@H]12. The van der Waals surface area contributed by atoms with Crippen molar-refractivity contribution in [2.24, 2.45) is 52.3 Å². The second-order valence-corrected chi connectivity index (χ2v) is 14.0. The highest BCUT2D eigenvalue weighted by atomic mass is 35.5. The number of aliphatic hydroxyl groups is 2. The average Bonchev–Trinajstić information content (AvgIpc) is 3.23. The topological polar surface area (TPSA) is 99.9 Å². The number of carbonyl (C=O) groups is 1. The van der Waals surface area contributed by atoms with Crippen LogP contribution in [0.15, 0.2) is 12.3 Å². The number of pyridine rings is 1. The third kappa shape index (κ3) is 4.56. The fourth-order valence-electron chi connectivity index (χ4n) is 10.1. The molecular formula is C31H46ClNO5. The molecule has 4 aliphatic rings. The summed E-state index contributed by atoms with van der Waals surface area (Å²) < 4.78 is 5.87. The summed E-state index contributed by atoms with van der Waals surface area (Å²) in [6.07, 6.45) is 10.3. The Kier molecular flexibility index (Phi) is 7.82. The maximum atomic E-state index is 11.9. The molecule has 38 heavy (non-hydrogen) atoms. The fourth-order valence-corrected chi connectivity index (χ4v) is 10.3. The molecule has 3 N–H and O–H groups in total. The molecule has 11 atom stereocenters. The zero-order valence-corrected chi connectivity index (χ0v) is 24.2. The lowest BCUT2D eigenvalue weighted by atomic mass is 9.41. The van der Waals surface area contributed by atoms with Gasteiger partial charge in [0.15, 0.2) is 0 Å². The minimum atomic E-state index is -1.09. The number of hydrogen-bond donors (Lipinski definition) is 3. The lowest BCUT2D eigenvalue weighted by molar-refractivity contribution is -0.203. The van der Waals surface area contributed by atoms with Crippen LogP contribution in [0.5, 0.6) is 5.88 Å². The first kappa shape index (κ1) is 28.2. The Morgan fingerprint density at radius 2 is 1.84 bits per heavy atom. The highest BCUT2D eigenvalue weighted by Gasteiger charge is 2.64. The van der Waals surface area contributed by atoms with Gasteiger partial charge >= 0.3 is 5.97 Å². The van der Waals surface area contributed by atoms with Crippen molar-refractivity contribution in [3.05, 3.63) is 22.8 Å². The predicted octanol–water partition coefficient (Wildman–Crippen LogP) is 6.46. The molecule has 0 spiro atoms. The molecule has 5 rings (SSSR count). The van der Waals surface area contributed by atoms with Crippen molar-refractivity contribution in [1.29, 1.82) is 0 Å². The number of aromatic nitrogens is 1. The highest BCUT2D eigenvalue weighted by molar-refractivity contribution is 6.33. The van der Waals surface area contributed by atoms with Crippen molar-refractivity contribution in [1.82, 2.24) is 4.98 Å². The molecule has 0 unspecified atom stereocenters. The number of rotatable bonds is 7. The van der Waals surface area contributed by atoms with Gasteiger partial charge in [0, 0.05) is 6.07 Å². The molecule has 0 radical (unpaired) electrons. The summed E-state index contributed by atoms with van der Waals surface area (Å²) >= 11 is 5.94. The van der Waals surface area contributed by atoms with Crippen molar-refractivity contribution in [3.8, 4) is 5.88 Å². The minimum Gasteiger partial charge on any atom is -0.478 e. The lowest BCUT2D eigenvalue weighted by Gasteiger charge is -2.64. The van der Waals surface area contributed by atoms with Crippen LogP contribution < -0.4 is 4.74 Å². The molecule has 0 saturated heterocycles. The van der Waals surface area contributed by atoms with E-state index in [1.54, 1.807) is 0 Å². The van der Waals surface area contributed by atoms with Crippen molar-refractivity contribution in [2.75, 3.05) is 6.61 Å². The smallest absolute Gasteiger partial charge is 0.337 e. The van der Waals surface area contributed by atoms with Crippen LogP contribution in [0.4, 0.5) is 0 Å². The summed E-state index contributed by atoms with van der Waals surface area (Å²) in [6.45, 7) is 10.0. The van der Waals surface area contributed by atoms with E-state index >= 15 is 0 Å². The summed E-state index contributed by atoms with van der Waals surface area (Å²) in [5.41, 5.74) is 0.447. The zero-order valence-electron chi connectivity index (χ0n) is 23.4. The van der Waals surface area contributed by atoms with Crippen molar-refractivity contribution in [3.63, 3.8) is 0 Å². The van der Waals surface area contributed by atoms with Crippen molar-refractivity contribution in [2.45, 2.75) is 97.7 Å². The number of hydrogen-bond acceptors (Lipinski definition) is 5.